The molecule has 0 aliphatic carbocycles. The minimum Gasteiger partial charge on any atom is -0.481 e. The number of aliphatic carboxylic acids is 1. The van der Waals surface area contributed by atoms with Gasteiger partial charge in [-0.3, -0.25) is 4.79 Å². The molecule has 7 heteroatoms. The van der Waals surface area contributed by atoms with Crippen molar-refractivity contribution in [3.05, 3.63) is 41.4 Å². The Kier molecular flexibility index (Phi) is 5.70. The maximum atomic E-state index is 11.9. The summed E-state index contributed by atoms with van der Waals surface area (Å²) in [6.07, 6.45) is 0. The molecule has 2 N–H and O–H groups in total. The first-order valence-electron chi connectivity index (χ1n) is 7.19. The summed E-state index contributed by atoms with van der Waals surface area (Å²) in [6, 6.07) is 9.52. The molecule has 1 aromatic heterocycles. The molecule has 0 fully saturated rings. The second-order valence-electron chi connectivity index (χ2n) is 5.29. The fourth-order valence-corrected chi connectivity index (χ4v) is 2.80. The van der Waals surface area contributed by atoms with Crippen molar-refractivity contribution in [3.8, 4) is 10.6 Å². The summed E-state index contributed by atoms with van der Waals surface area (Å²) < 4.78 is 0. The van der Waals surface area contributed by atoms with Gasteiger partial charge in [0.05, 0.1) is 18.2 Å². The number of rotatable bonds is 6. The zero-order valence-corrected chi connectivity index (χ0v) is 13.8. The van der Waals surface area contributed by atoms with Crippen LogP contribution >= 0.6 is 11.3 Å². The van der Waals surface area contributed by atoms with Crippen LogP contribution in [0.3, 0.4) is 0 Å². The van der Waals surface area contributed by atoms with E-state index in [9.17, 15) is 9.59 Å². The van der Waals surface area contributed by atoms with Crippen LogP contribution in [-0.4, -0.2) is 40.6 Å². The van der Waals surface area contributed by atoms with Crippen molar-refractivity contribution in [1.82, 2.24) is 15.2 Å². The van der Waals surface area contributed by atoms with Crippen LogP contribution in [0, 0.1) is 5.92 Å². The Bertz CT molecular complexity index is 672. The normalized spacial score (nSPS) is 11.7. The van der Waals surface area contributed by atoms with Crippen LogP contribution in [-0.2, 0) is 11.3 Å². The summed E-state index contributed by atoms with van der Waals surface area (Å²) in [5.41, 5.74) is 1.82. The van der Waals surface area contributed by atoms with Gasteiger partial charge in [0.2, 0.25) is 0 Å². The number of hydrogen-bond donors (Lipinski definition) is 2. The van der Waals surface area contributed by atoms with Gasteiger partial charge in [-0.15, -0.1) is 11.3 Å². The second-order valence-corrected chi connectivity index (χ2v) is 6.15. The van der Waals surface area contributed by atoms with Gasteiger partial charge in [-0.1, -0.05) is 37.3 Å². The van der Waals surface area contributed by atoms with E-state index in [-0.39, 0.29) is 12.6 Å². The van der Waals surface area contributed by atoms with Crippen LogP contribution in [0.1, 0.15) is 12.6 Å². The minimum atomic E-state index is -0.920. The summed E-state index contributed by atoms with van der Waals surface area (Å²) in [7, 11) is 1.57. The molecule has 1 unspecified atom stereocenters. The van der Waals surface area contributed by atoms with Gasteiger partial charge in [0, 0.05) is 24.5 Å². The van der Waals surface area contributed by atoms with Crippen LogP contribution < -0.4 is 5.32 Å². The minimum absolute atomic E-state index is 0.160. The third kappa shape index (κ3) is 4.79. The number of urea groups is 1. The molecule has 0 radical (unpaired) electrons. The van der Waals surface area contributed by atoms with Crippen molar-refractivity contribution in [3.63, 3.8) is 0 Å². The Labute approximate surface area is 138 Å². The van der Waals surface area contributed by atoms with Crippen molar-refractivity contribution in [2.24, 2.45) is 5.92 Å². The number of carboxylic acids is 1. The highest BCUT2D eigenvalue weighted by Gasteiger charge is 2.17. The van der Waals surface area contributed by atoms with E-state index in [2.05, 4.69) is 10.3 Å². The molecule has 1 heterocycles. The monoisotopic (exact) mass is 333 g/mol. The van der Waals surface area contributed by atoms with Crippen molar-refractivity contribution < 1.29 is 14.7 Å². The quantitative estimate of drug-likeness (QED) is 0.851. The Morgan fingerprint density at radius 3 is 2.70 bits per heavy atom. The van der Waals surface area contributed by atoms with Gasteiger partial charge >= 0.3 is 12.0 Å². The lowest BCUT2D eigenvalue weighted by molar-refractivity contribution is -0.141. The number of nitrogens with zero attached hydrogens (tertiary/aromatic N) is 2. The number of benzene rings is 1. The maximum Gasteiger partial charge on any atom is 0.317 e. The highest BCUT2D eigenvalue weighted by molar-refractivity contribution is 7.13. The summed E-state index contributed by atoms with van der Waals surface area (Å²) in [5, 5.41) is 14.4. The molecule has 0 bridgehead atoms. The first-order valence-corrected chi connectivity index (χ1v) is 8.07. The van der Waals surface area contributed by atoms with Crippen molar-refractivity contribution in [2.75, 3.05) is 13.6 Å². The van der Waals surface area contributed by atoms with E-state index in [0.29, 0.717) is 6.54 Å². The van der Waals surface area contributed by atoms with E-state index in [1.807, 2.05) is 35.7 Å². The zero-order chi connectivity index (χ0) is 16.8. The molecule has 2 aromatic rings. The predicted molar refractivity (Wildman–Crippen MR) is 89.2 cm³/mol. The van der Waals surface area contributed by atoms with Crippen molar-refractivity contribution in [1.29, 1.82) is 0 Å². The van der Waals surface area contributed by atoms with Gasteiger partial charge in [0.25, 0.3) is 0 Å². The Hall–Kier alpha value is -2.41. The topological polar surface area (TPSA) is 82.5 Å². The summed E-state index contributed by atoms with van der Waals surface area (Å²) in [6.45, 7) is 2.04. The molecular weight excluding hydrogens is 314 g/mol. The lowest BCUT2D eigenvalue weighted by Crippen LogP contribution is -2.40. The van der Waals surface area contributed by atoms with E-state index in [1.54, 1.807) is 14.0 Å². The van der Waals surface area contributed by atoms with Gasteiger partial charge in [0.1, 0.15) is 5.01 Å². The first kappa shape index (κ1) is 17.0. The molecule has 0 spiro atoms. The molecule has 122 valence electrons. The Morgan fingerprint density at radius 2 is 2.04 bits per heavy atom. The van der Waals surface area contributed by atoms with Crippen LogP contribution in [0.25, 0.3) is 10.6 Å². The summed E-state index contributed by atoms with van der Waals surface area (Å²) in [4.78, 5) is 28.6. The molecule has 6 nitrogen and oxygen atoms in total. The third-order valence-electron chi connectivity index (χ3n) is 3.31. The average molecular weight is 333 g/mol. The smallest absolute Gasteiger partial charge is 0.317 e. The summed E-state index contributed by atoms with van der Waals surface area (Å²) in [5.74, 6) is -1.52. The molecule has 0 saturated heterocycles. The molecule has 0 saturated carbocycles. The maximum absolute atomic E-state index is 11.9. The standard InChI is InChI=1S/C16H19N3O3S/c1-11(15(20)21)9-19(2)16(22)17-8-13-10-23-14(18-13)12-6-4-3-5-7-12/h3-7,10-11H,8-9H2,1-2H3,(H,17,22)(H,20,21). The zero-order valence-electron chi connectivity index (χ0n) is 13.0. The van der Waals surface area contributed by atoms with Gasteiger partial charge < -0.3 is 15.3 Å². The number of hydrogen-bond acceptors (Lipinski definition) is 4. The van der Waals surface area contributed by atoms with Gasteiger partial charge in [0.15, 0.2) is 0 Å². The Morgan fingerprint density at radius 1 is 1.35 bits per heavy atom. The molecule has 1 atom stereocenters. The van der Waals surface area contributed by atoms with E-state index in [0.717, 1.165) is 16.3 Å². The molecular formula is C16H19N3O3S. The first-order chi connectivity index (χ1) is 11.0. The number of nitrogens with one attached hydrogen (secondary N) is 1. The Balaban J connectivity index is 1.87. The lowest BCUT2D eigenvalue weighted by atomic mass is 10.2. The van der Waals surface area contributed by atoms with Crippen molar-refractivity contribution in [2.45, 2.75) is 13.5 Å². The molecule has 2 amide bonds. The van der Waals surface area contributed by atoms with Gasteiger partial charge in [-0.25, -0.2) is 9.78 Å². The number of carbonyl (C=O) groups is 2. The molecule has 23 heavy (non-hydrogen) atoms. The van der Waals surface area contributed by atoms with Crippen LogP contribution in [0.5, 0.6) is 0 Å². The van der Waals surface area contributed by atoms with Crippen molar-refractivity contribution >= 4 is 23.3 Å². The highest BCUT2D eigenvalue weighted by Crippen LogP contribution is 2.23. The number of aromatic nitrogens is 1. The molecule has 0 aliphatic heterocycles. The number of carbonyl (C=O) groups excluding carboxylic acids is 1. The van der Waals surface area contributed by atoms with Crippen LogP contribution in [0.15, 0.2) is 35.7 Å². The van der Waals surface area contributed by atoms with E-state index in [1.165, 1.54) is 16.2 Å². The van der Waals surface area contributed by atoms with Crippen LogP contribution in [0.2, 0.25) is 0 Å². The van der Waals surface area contributed by atoms with Gasteiger partial charge in [-0.05, 0) is 0 Å². The van der Waals surface area contributed by atoms with Crippen LogP contribution in [0.4, 0.5) is 4.79 Å². The molecule has 0 aliphatic rings. The largest absolute Gasteiger partial charge is 0.481 e. The SMILES string of the molecule is CC(CN(C)C(=O)NCc1csc(-c2ccccc2)n1)C(=O)O. The number of thiazole rings is 1. The molecule has 1 aromatic carbocycles. The molecule has 2 rings (SSSR count). The van der Waals surface area contributed by atoms with E-state index >= 15 is 0 Å². The van der Waals surface area contributed by atoms with E-state index < -0.39 is 11.9 Å². The number of carboxylic acid groups (broad SMARTS) is 1. The summed E-state index contributed by atoms with van der Waals surface area (Å²) >= 11 is 1.52. The predicted octanol–water partition coefficient (Wildman–Crippen LogP) is 2.67. The highest BCUT2D eigenvalue weighted by atomic mass is 32.1. The van der Waals surface area contributed by atoms with Gasteiger partial charge in [-0.2, -0.15) is 0 Å². The number of amides is 2. The van der Waals surface area contributed by atoms with E-state index in [4.69, 9.17) is 5.11 Å². The average Bonchev–Trinajstić information content (AvgIpc) is 3.02. The lowest BCUT2D eigenvalue weighted by Gasteiger charge is -2.19. The fourth-order valence-electron chi connectivity index (χ4n) is 1.97. The second kappa shape index (κ2) is 7.73. The third-order valence-corrected chi connectivity index (χ3v) is 4.25. The fraction of sp³-hybridized carbons (Fsp3) is 0.312.